The van der Waals surface area contributed by atoms with Crippen LogP contribution in [0.2, 0.25) is 0 Å². The molecule has 0 aliphatic carbocycles. The van der Waals surface area contributed by atoms with Gasteiger partial charge in [0.05, 0.1) is 19.3 Å². The summed E-state index contributed by atoms with van der Waals surface area (Å²) in [6.07, 6.45) is 1.91. The number of para-hydroxylation sites is 1. The van der Waals surface area contributed by atoms with E-state index in [0.29, 0.717) is 0 Å². The molecule has 9 N–H and O–H groups in total. The number of nitrogens with two attached hydrogens (primary N) is 1. The van der Waals surface area contributed by atoms with Crippen molar-refractivity contribution in [3.8, 4) is 0 Å². The van der Waals surface area contributed by atoms with Crippen LogP contribution >= 0.6 is 12.6 Å². The molecule has 12 nitrogen and oxygen atoms in total. The first-order valence-corrected chi connectivity index (χ1v) is 10.6. The van der Waals surface area contributed by atoms with Crippen LogP contribution in [0.5, 0.6) is 0 Å². The molecular weight excluding hydrogens is 454 g/mol. The van der Waals surface area contributed by atoms with Crippen LogP contribution in [0.3, 0.4) is 0 Å². The largest absolute Gasteiger partial charge is 0.480 e. The van der Waals surface area contributed by atoms with E-state index in [1.54, 1.807) is 6.20 Å². The van der Waals surface area contributed by atoms with Gasteiger partial charge in [0, 0.05) is 22.9 Å². The van der Waals surface area contributed by atoms with Crippen molar-refractivity contribution in [2.75, 3.05) is 19.0 Å². The SMILES string of the molecule is NC(Cc1c[nH]c2ccccc12)C(=O)NC(CO)C(=O)NC(CS)C(=O)NC(CO)C(=O)O. The van der Waals surface area contributed by atoms with Gasteiger partial charge in [-0.1, -0.05) is 18.2 Å². The third-order valence-electron chi connectivity index (χ3n) is 4.88. The van der Waals surface area contributed by atoms with Gasteiger partial charge in [-0.05, 0) is 18.1 Å². The average molecular weight is 482 g/mol. The summed E-state index contributed by atoms with van der Waals surface area (Å²) in [6.45, 7) is -1.62. The lowest BCUT2D eigenvalue weighted by Crippen LogP contribution is -2.59. The minimum absolute atomic E-state index is 0.176. The average Bonchev–Trinajstić information content (AvgIpc) is 3.21. The molecule has 13 heteroatoms. The van der Waals surface area contributed by atoms with Crippen molar-refractivity contribution in [1.82, 2.24) is 20.9 Å². The van der Waals surface area contributed by atoms with Crippen LogP contribution in [-0.4, -0.2) is 87.1 Å². The smallest absolute Gasteiger partial charge is 0.328 e. The van der Waals surface area contributed by atoms with Crippen LogP contribution in [0.25, 0.3) is 10.9 Å². The first-order valence-electron chi connectivity index (χ1n) is 9.98. The maximum absolute atomic E-state index is 12.5. The second-order valence-corrected chi connectivity index (χ2v) is 7.60. The summed E-state index contributed by atoms with van der Waals surface area (Å²) in [4.78, 5) is 51.2. The minimum Gasteiger partial charge on any atom is -0.480 e. The number of aliphatic carboxylic acids is 1. The molecule has 3 amide bonds. The third kappa shape index (κ3) is 6.92. The fraction of sp³-hybridized carbons (Fsp3) is 0.400. The summed E-state index contributed by atoms with van der Waals surface area (Å²) in [5.41, 5.74) is 7.67. The number of H-pyrrole nitrogens is 1. The topological polar surface area (TPSA) is 207 Å². The Morgan fingerprint density at radius 1 is 0.939 bits per heavy atom. The fourth-order valence-corrected chi connectivity index (χ4v) is 3.28. The zero-order valence-electron chi connectivity index (χ0n) is 17.5. The van der Waals surface area contributed by atoms with Gasteiger partial charge in [-0.2, -0.15) is 12.6 Å². The Morgan fingerprint density at radius 3 is 2.12 bits per heavy atom. The Balaban J connectivity index is 1.97. The summed E-state index contributed by atoms with van der Waals surface area (Å²) in [5, 5.41) is 35.1. The van der Waals surface area contributed by atoms with Crippen LogP contribution in [0.15, 0.2) is 30.5 Å². The Labute approximate surface area is 194 Å². The molecular formula is C20H27N5O7S. The van der Waals surface area contributed by atoms with E-state index in [1.165, 1.54) is 0 Å². The van der Waals surface area contributed by atoms with Crippen molar-refractivity contribution in [3.63, 3.8) is 0 Å². The van der Waals surface area contributed by atoms with Crippen molar-refractivity contribution >= 4 is 47.2 Å². The Hall–Kier alpha value is -3.13. The maximum Gasteiger partial charge on any atom is 0.328 e. The summed E-state index contributed by atoms with van der Waals surface area (Å²) in [5.74, 6) is -4.15. The van der Waals surface area contributed by atoms with Crippen molar-refractivity contribution in [2.24, 2.45) is 5.73 Å². The Kier molecular flexibility index (Phi) is 9.66. The van der Waals surface area contributed by atoms with Crippen LogP contribution < -0.4 is 21.7 Å². The van der Waals surface area contributed by atoms with Gasteiger partial charge in [0.25, 0.3) is 0 Å². The lowest BCUT2D eigenvalue weighted by atomic mass is 10.0. The van der Waals surface area contributed by atoms with E-state index in [1.807, 2.05) is 24.3 Å². The normalized spacial score (nSPS) is 14.7. The van der Waals surface area contributed by atoms with Gasteiger partial charge in [-0.25, -0.2) is 4.79 Å². The predicted molar refractivity (Wildman–Crippen MR) is 121 cm³/mol. The lowest BCUT2D eigenvalue weighted by molar-refractivity contribution is -0.143. The molecule has 0 saturated carbocycles. The van der Waals surface area contributed by atoms with Crippen molar-refractivity contribution in [3.05, 3.63) is 36.0 Å². The number of carbonyl (C=O) groups excluding carboxylic acids is 3. The van der Waals surface area contributed by atoms with Gasteiger partial charge in [0.15, 0.2) is 0 Å². The van der Waals surface area contributed by atoms with Crippen molar-refractivity contribution in [2.45, 2.75) is 30.6 Å². The van der Waals surface area contributed by atoms with Gasteiger partial charge < -0.3 is 42.0 Å². The maximum atomic E-state index is 12.5. The Bertz CT molecular complexity index is 998. The number of fused-ring (bicyclic) bond motifs is 1. The highest BCUT2D eigenvalue weighted by atomic mass is 32.1. The second kappa shape index (κ2) is 12.2. The Morgan fingerprint density at radius 2 is 1.52 bits per heavy atom. The second-order valence-electron chi connectivity index (χ2n) is 7.24. The van der Waals surface area contributed by atoms with E-state index in [0.717, 1.165) is 16.5 Å². The molecule has 0 bridgehead atoms. The van der Waals surface area contributed by atoms with Crippen LogP contribution in [0, 0.1) is 0 Å². The van der Waals surface area contributed by atoms with Gasteiger partial charge >= 0.3 is 5.97 Å². The zero-order chi connectivity index (χ0) is 24.5. The third-order valence-corrected chi connectivity index (χ3v) is 5.24. The number of benzene rings is 1. The van der Waals surface area contributed by atoms with Crippen molar-refractivity contribution in [1.29, 1.82) is 0 Å². The first kappa shape index (κ1) is 26.1. The highest BCUT2D eigenvalue weighted by molar-refractivity contribution is 7.80. The van der Waals surface area contributed by atoms with Gasteiger partial charge in [-0.15, -0.1) is 0 Å². The molecule has 4 atom stereocenters. The minimum atomic E-state index is -1.56. The molecule has 180 valence electrons. The molecule has 33 heavy (non-hydrogen) atoms. The number of carboxylic acid groups (broad SMARTS) is 1. The fourth-order valence-electron chi connectivity index (χ4n) is 3.03. The van der Waals surface area contributed by atoms with E-state index in [2.05, 4.69) is 33.6 Å². The zero-order valence-corrected chi connectivity index (χ0v) is 18.4. The standard InChI is InChI=1S/C20H27N5O7S/c21-12(5-10-6-22-13-4-2-1-3-11(10)13)17(28)23-14(7-26)18(29)25-16(9-33)19(30)24-15(8-27)20(31)32/h1-4,6,12,14-16,22,26-27,33H,5,7-9,21H2,(H,23,28)(H,24,30)(H,25,29)(H,31,32). The van der Waals surface area contributed by atoms with Gasteiger partial charge in [0.1, 0.15) is 18.1 Å². The van der Waals surface area contributed by atoms with E-state index in [4.69, 9.17) is 15.9 Å². The molecule has 1 heterocycles. The monoisotopic (exact) mass is 481 g/mol. The number of aromatic nitrogens is 1. The van der Waals surface area contributed by atoms with Crippen molar-refractivity contribution < 1.29 is 34.5 Å². The van der Waals surface area contributed by atoms with E-state index in [-0.39, 0.29) is 12.2 Å². The number of aromatic amines is 1. The molecule has 2 aromatic rings. The summed E-state index contributed by atoms with van der Waals surface area (Å²) < 4.78 is 0. The van der Waals surface area contributed by atoms with E-state index < -0.39 is 61.1 Å². The number of amides is 3. The molecule has 4 unspecified atom stereocenters. The summed E-state index contributed by atoms with van der Waals surface area (Å²) in [6, 6.07) is 2.21. The number of hydrogen-bond donors (Lipinski definition) is 9. The number of carboxylic acids is 1. The molecule has 0 aliphatic heterocycles. The van der Waals surface area contributed by atoms with Crippen LogP contribution in [-0.2, 0) is 25.6 Å². The van der Waals surface area contributed by atoms with Gasteiger partial charge in [-0.3, -0.25) is 14.4 Å². The molecule has 0 radical (unpaired) electrons. The number of nitrogens with one attached hydrogen (secondary N) is 4. The molecule has 0 spiro atoms. The highest BCUT2D eigenvalue weighted by Crippen LogP contribution is 2.18. The first-order chi connectivity index (χ1) is 15.7. The van der Waals surface area contributed by atoms with Crippen LogP contribution in [0.4, 0.5) is 0 Å². The predicted octanol–water partition coefficient (Wildman–Crippen LogP) is -2.51. The lowest BCUT2D eigenvalue weighted by Gasteiger charge is -2.23. The molecule has 1 aromatic carbocycles. The molecule has 0 aliphatic rings. The number of aliphatic hydroxyl groups excluding tert-OH is 2. The molecule has 0 fully saturated rings. The number of hydrogen-bond acceptors (Lipinski definition) is 8. The highest BCUT2D eigenvalue weighted by Gasteiger charge is 2.29. The van der Waals surface area contributed by atoms with E-state index in [9.17, 15) is 24.3 Å². The quantitative estimate of drug-likeness (QED) is 0.148. The number of aliphatic hydroxyl groups is 2. The molecule has 1 aromatic heterocycles. The number of thiol groups is 1. The number of carbonyl (C=O) groups is 4. The summed E-state index contributed by atoms with van der Waals surface area (Å²) >= 11 is 3.95. The summed E-state index contributed by atoms with van der Waals surface area (Å²) in [7, 11) is 0. The van der Waals surface area contributed by atoms with Crippen LogP contribution in [0.1, 0.15) is 5.56 Å². The molecule has 0 saturated heterocycles. The van der Waals surface area contributed by atoms with E-state index >= 15 is 0 Å². The molecule has 2 rings (SSSR count). The van der Waals surface area contributed by atoms with Gasteiger partial charge in [0.2, 0.25) is 17.7 Å². The number of rotatable bonds is 12.